The summed E-state index contributed by atoms with van der Waals surface area (Å²) in [5.74, 6) is -0.568. The van der Waals surface area contributed by atoms with Crippen molar-refractivity contribution in [1.29, 1.82) is 0 Å². The first-order chi connectivity index (χ1) is 22.4. The minimum atomic E-state index is -4.04. The molecule has 0 saturated heterocycles. The summed E-state index contributed by atoms with van der Waals surface area (Å²) in [5.41, 5.74) is 2.80. The molecule has 1 saturated carbocycles. The Morgan fingerprint density at radius 2 is 1.74 bits per heavy atom. The van der Waals surface area contributed by atoms with Crippen LogP contribution in [0.1, 0.15) is 59.5 Å². The normalized spacial score (nSPS) is 13.9. The minimum absolute atomic E-state index is 0.0200. The predicted molar refractivity (Wildman–Crippen MR) is 171 cm³/mol. The molecule has 47 heavy (non-hydrogen) atoms. The fourth-order valence-electron chi connectivity index (χ4n) is 5.31. The minimum Gasteiger partial charge on any atom is -0.428 e. The third-order valence-electron chi connectivity index (χ3n) is 7.73. The molecule has 15 heteroatoms. The van der Waals surface area contributed by atoms with Crippen LogP contribution in [-0.2, 0) is 16.4 Å². The van der Waals surface area contributed by atoms with Crippen molar-refractivity contribution in [3.63, 3.8) is 0 Å². The van der Waals surface area contributed by atoms with E-state index in [0.717, 1.165) is 31.2 Å². The molecule has 1 aliphatic carbocycles. The number of hydrogen-bond donors (Lipinski definition) is 3. The van der Waals surface area contributed by atoms with Gasteiger partial charge in [0.15, 0.2) is 9.84 Å². The van der Waals surface area contributed by atoms with Crippen LogP contribution in [0.15, 0.2) is 84.3 Å². The average molecular weight is 666 g/mol. The Bertz CT molecular complexity index is 1830. The van der Waals surface area contributed by atoms with Crippen LogP contribution in [0.4, 0.5) is 30.9 Å². The lowest BCUT2D eigenvalue weighted by molar-refractivity contribution is -0.132. The van der Waals surface area contributed by atoms with E-state index < -0.39 is 38.5 Å². The maximum absolute atomic E-state index is 13.9. The number of aromatic nitrogens is 4. The third kappa shape index (κ3) is 8.55. The first-order valence-electron chi connectivity index (χ1n) is 14.8. The molecule has 0 atom stereocenters. The van der Waals surface area contributed by atoms with Crippen molar-refractivity contribution in [2.24, 2.45) is 0 Å². The smallest absolute Gasteiger partial charge is 0.419 e. The van der Waals surface area contributed by atoms with Crippen LogP contribution in [-0.4, -0.2) is 53.3 Å². The highest BCUT2D eigenvalue weighted by Crippen LogP contribution is 2.35. The van der Waals surface area contributed by atoms with Gasteiger partial charge in [0.05, 0.1) is 6.54 Å². The van der Waals surface area contributed by atoms with Gasteiger partial charge >= 0.3 is 12.1 Å². The molecule has 3 amide bonds. The van der Waals surface area contributed by atoms with Gasteiger partial charge in [-0.1, -0.05) is 55.2 Å². The van der Waals surface area contributed by atoms with Crippen molar-refractivity contribution in [2.75, 3.05) is 21.8 Å². The Balaban J connectivity index is 1.41. The van der Waals surface area contributed by atoms with Crippen LogP contribution in [0, 0.1) is 0 Å². The zero-order chi connectivity index (χ0) is 33.6. The van der Waals surface area contributed by atoms with Gasteiger partial charge in [0.25, 0.3) is 11.9 Å². The standard InChI is InChI=1S/C32H33F2N7O5S/c1-3-32(33,34)46-27-18-15-25(19-28(27)47(2,44)45)35-31(43)41(26-16-13-23(14-17-26)22-7-5-4-6-8-22)20-21-9-11-24(12-10-21)29(42)36-30-37-39-40-38-30/h3,9-19,22H,1,4-8,20H2,2H3,(H,35,43)(H2,36,37,38,39,40,42). The second kappa shape index (κ2) is 14.1. The number of halogens is 2. The number of hydrogen-bond acceptors (Lipinski definition) is 8. The van der Waals surface area contributed by atoms with Crippen molar-refractivity contribution >= 4 is 39.1 Å². The number of anilines is 3. The number of tetrazole rings is 1. The Morgan fingerprint density at radius 3 is 2.36 bits per heavy atom. The number of urea groups is 1. The fraction of sp³-hybridized carbons (Fsp3) is 0.281. The van der Waals surface area contributed by atoms with Crippen molar-refractivity contribution in [1.82, 2.24) is 20.6 Å². The molecule has 0 bridgehead atoms. The third-order valence-corrected chi connectivity index (χ3v) is 8.85. The van der Waals surface area contributed by atoms with E-state index in [1.807, 2.05) is 24.3 Å². The molecule has 5 rings (SSSR count). The maximum atomic E-state index is 13.9. The van der Waals surface area contributed by atoms with Gasteiger partial charge in [0, 0.05) is 29.3 Å². The summed E-state index contributed by atoms with van der Waals surface area (Å²) < 4.78 is 57.3. The molecule has 12 nitrogen and oxygen atoms in total. The first-order valence-corrected chi connectivity index (χ1v) is 16.7. The number of nitrogens with one attached hydrogen (secondary N) is 3. The fourth-order valence-corrected chi connectivity index (χ4v) is 6.13. The second-order valence-electron chi connectivity index (χ2n) is 11.1. The summed E-state index contributed by atoms with van der Waals surface area (Å²) >= 11 is 0. The zero-order valence-electron chi connectivity index (χ0n) is 25.4. The molecule has 0 radical (unpaired) electrons. The Labute approximate surface area is 270 Å². The molecule has 1 aliphatic rings. The SMILES string of the molecule is C=CC(F)(F)Oc1ccc(NC(=O)N(Cc2ccc(C(=O)Nc3nn[nH]n3)cc2)c2ccc(C3CCCCC3)cc2)cc1S(C)(=O)=O. The summed E-state index contributed by atoms with van der Waals surface area (Å²) in [4.78, 5) is 27.3. The van der Waals surface area contributed by atoms with Crippen LogP contribution in [0.5, 0.6) is 5.75 Å². The molecule has 1 heterocycles. The predicted octanol–water partition coefficient (Wildman–Crippen LogP) is 6.30. The van der Waals surface area contributed by atoms with Gasteiger partial charge in [0.2, 0.25) is 0 Å². The second-order valence-corrected chi connectivity index (χ2v) is 13.1. The molecule has 3 N–H and O–H groups in total. The van der Waals surface area contributed by atoms with Crippen molar-refractivity contribution in [3.05, 3.63) is 96.1 Å². The van der Waals surface area contributed by atoms with Crippen molar-refractivity contribution < 1.29 is 31.5 Å². The van der Waals surface area contributed by atoms with Gasteiger partial charge < -0.3 is 10.1 Å². The molecule has 1 aromatic heterocycles. The topological polar surface area (TPSA) is 159 Å². The lowest BCUT2D eigenvalue weighted by atomic mass is 9.84. The van der Waals surface area contributed by atoms with Crippen LogP contribution < -0.4 is 20.3 Å². The Hall–Kier alpha value is -5.18. The van der Waals surface area contributed by atoms with Gasteiger partial charge in [0.1, 0.15) is 10.6 Å². The highest BCUT2D eigenvalue weighted by atomic mass is 32.2. The van der Waals surface area contributed by atoms with Gasteiger partial charge in [-0.15, -0.1) is 5.10 Å². The van der Waals surface area contributed by atoms with E-state index in [1.165, 1.54) is 35.8 Å². The van der Waals surface area contributed by atoms with Crippen molar-refractivity contribution in [2.45, 2.75) is 55.6 Å². The summed E-state index contributed by atoms with van der Waals surface area (Å²) in [6, 6.07) is 17.0. The molecule has 0 spiro atoms. The largest absolute Gasteiger partial charge is 0.428 e. The van der Waals surface area contributed by atoms with Gasteiger partial charge in [-0.25, -0.2) is 13.2 Å². The zero-order valence-corrected chi connectivity index (χ0v) is 26.3. The highest BCUT2D eigenvalue weighted by molar-refractivity contribution is 7.90. The van der Waals surface area contributed by atoms with E-state index in [0.29, 0.717) is 22.7 Å². The summed E-state index contributed by atoms with van der Waals surface area (Å²) in [6.07, 6.45) is 3.08. The summed E-state index contributed by atoms with van der Waals surface area (Å²) in [5, 5.41) is 18.2. The Kier molecular flexibility index (Phi) is 9.94. The van der Waals surface area contributed by atoms with Crippen LogP contribution >= 0.6 is 0 Å². The number of benzene rings is 3. The van der Waals surface area contributed by atoms with E-state index in [1.54, 1.807) is 24.3 Å². The lowest BCUT2D eigenvalue weighted by Gasteiger charge is -2.26. The number of rotatable bonds is 11. The number of sulfone groups is 1. The number of carbonyl (C=O) groups is 2. The van der Waals surface area contributed by atoms with E-state index >= 15 is 0 Å². The number of nitrogens with zero attached hydrogens (tertiary/aromatic N) is 4. The summed E-state index contributed by atoms with van der Waals surface area (Å²) in [7, 11) is -4.04. The number of ether oxygens (including phenoxy) is 1. The molecule has 4 aromatic rings. The monoisotopic (exact) mass is 665 g/mol. The molecule has 246 valence electrons. The molecule has 0 aliphatic heterocycles. The number of H-pyrrole nitrogens is 1. The van der Waals surface area contributed by atoms with E-state index in [-0.39, 0.29) is 24.3 Å². The van der Waals surface area contributed by atoms with E-state index in [2.05, 4.69) is 42.6 Å². The lowest BCUT2D eigenvalue weighted by Crippen LogP contribution is -2.34. The Morgan fingerprint density at radius 1 is 1.04 bits per heavy atom. The van der Waals surface area contributed by atoms with Crippen LogP contribution in [0.3, 0.4) is 0 Å². The van der Waals surface area contributed by atoms with Gasteiger partial charge in [-0.05, 0) is 77.6 Å². The molecule has 0 unspecified atom stereocenters. The molecular weight excluding hydrogens is 632 g/mol. The number of alkyl halides is 2. The average Bonchev–Trinajstić information content (AvgIpc) is 3.57. The molecular formula is C32H33F2N7O5S. The highest BCUT2D eigenvalue weighted by Gasteiger charge is 2.30. The quantitative estimate of drug-likeness (QED) is 0.158. The van der Waals surface area contributed by atoms with Gasteiger partial charge in [-0.3, -0.25) is 15.0 Å². The summed E-state index contributed by atoms with van der Waals surface area (Å²) in [6.45, 7) is 3.08. The first kappa shape index (κ1) is 33.2. The molecule has 3 aromatic carbocycles. The van der Waals surface area contributed by atoms with E-state index in [9.17, 15) is 26.8 Å². The van der Waals surface area contributed by atoms with Crippen LogP contribution in [0.25, 0.3) is 0 Å². The van der Waals surface area contributed by atoms with E-state index in [4.69, 9.17) is 0 Å². The number of amides is 3. The number of carbonyl (C=O) groups excluding carboxylic acids is 2. The van der Waals surface area contributed by atoms with Gasteiger partial charge in [-0.2, -0.15) is 14.0 Å². The maximum Gasteiger partial charge on any atom is 0.419 e. The molecule has 1 fully saturated rings. The van der Waals surface area contributed by atoms with Crippen molar-refractivity contribution in [3.8, 4) is 5.75 Å². The number of aromatic amines is 1. The van der Waals surface area contributed by atoms with Crippen LogP contribution in [0.2, 0.25) is 0 Å².